The second-order valence-electron chi connectivity index (χ2n) is 9.73. The predicted octanol–water partition coefficient (Wildman–Crippen LogP) is 8.80. The zero-order valence-electron chi connectivity index (χ0n) is 22.7. The molecule has 0 aliphatic rings. The van der Waals surface area contributed by atoms with Crippen LogP contribution < -0.4 is 9.47 Å². The molecule has 2 atom stereocenters. The smallest absolute Gasteiger partial charge is 0.314 e. The summed E-state index contributed by atoms with van der Waals surface area (Å²) in [4.78, 5) is 26.6. The van der Waals surface area contributed by atoms with Crippen LogP contribution in [-0.2, 0) is 16.0 Å². The van der Waals surface area contributed by atoms with Gasteiger partial charge in [-0.3, -0.25) is 9.59 Å². The lowest BCUT2D eigenvalue weighted by Gasteiger charge is -2.21. The molecule has 3 rings (SSSR count). The number of esters is 2. The number of carbonyl (C=O) groups is 2. The Morgan fingerprint density at radius 2 is 1.17 bits per heavy atom. The first-order valence-corrected chi connectivity index (χ1v) is 13.9. The zero-order chi connectivity index (χ0) is 26.1. The van der Waals surface area contributed by atoms with Gasteiger partial charge in [0, 0.05) is 21.5 Å². The third kappa shape index (κ3) is 6.08. The van der Waals surface area contributed by atoms with E-state index in [9.17, 15) is 9.59 Å². The van der Waals surface area contributed by atoms with E-state index >= 15 is 0 Å². The third-order valence-electron chi connectivity index (χ3n) is 7.29. The molecule has 0 amide bonds. The van der Waals surface area contributed by atoms with Gasteiger partial charge in [0.25, 0.3) is 0 Å². The van der Waals surface area contributed by atoms with E-state index < -0.39 is 0 Å². The van der Waals surface area contributed by atoms with Crippen LogP contribution in [0.5, 0.6) is 11.5 Å². The van der Waals surface area contributed by atoms with Gasteiger partial charge in [0.05, 0.1) is 11.8 Å². The van der Waals surface area contributed by atoms with Gasteiger partial charge in [-0.25, -0.2) is 0 Å². The molecule has 194 valence electrons. The van der Waals surface area contributed by atoms with Crippen molar-refractivity contribution in [1.82, 2.24) is 0 Å². The molecule has 0 bridgehead atoms. The molecule has 0 aliphatic carbocycles. The van der Waals surface area contributed by atoms with Crippen molar-refractivity contribution in [2.45, 2.75) is 92.4 Å². The minimum Gasteiger partial charge on any atom is -0.425 e. The predicted molar refractivity (Wildman–Crippen MR) is 149 cm³/mol. The summed E-state index contributed by atoms with van der Waals surface area (Å²) in [5.41, 5.74) is 1.07. The van der Waals surface area contributed by atoms with E-state index in [2.05, 4.69) is 26.8 Å². The van der Waals surface area contributed by atoms with Gasteiger partial charge < -0.3 is 9.47 Å². The SMILES string of the molecule is CCCCC(CC)C(=O)Oc1c2ccccc2c(OC(=O)C(CC)CCCC)c2c(CC)cccc12. The number of benzene rings is 3. The first-order chi connectivity index (χ1) is 17.5. The lowest BCUT2D eigenvalue weighted by molar-refractivity contribution is -0.140. The van der Waals surface area contributed by atoms with E-state index in [-0.39, 0.29) is 23.8 Å². The summed E-state index contributed by atoms with van der Waals surface area (Å²) in [6.45, 7) is 10.4. The quantitative estimate of drug-likeness (QED) is 0.136. The van der Waals surface area contributed by atoms with Crippen LogP contribution in [0.25, 0.3) is 21.5 Å². The van der Waals surface area contributed by atoms with Crippen molar-refractivity contribution in [1.29, 1.82) is 0 Å². The fourth-order valence-electron chi connectivity index (χ4n) is 4.97. The van der Waals surface area contributed by atoms with Crippen molar-refractivity contribution < 1.29 is 19.1 Å². The second-order valence-corrected chi connectivity index (χ2v) is 9.73. The average molecular weight is 491 g/mol. The molecule has 36 heavy (non-hydrogen) atoms. The highest BCUT2D eigenvalue weighted by Gasteiger charge is 2.26. The van der Waals surface area contributed by atoms with Crippen molar-refractivity contribution in [3.8, 4) is 11.5 Å². The standard InChI is InChI=1S/C32H42O4/c1-6-11-16-23(9-4)31(33)35-29-25-19-13-14-20-26(25)30(28-22(8-3)18-15-21-27(28)29)36-32(34)24(10-5)17-12-7-2/h13-15,18-21,23-24H,6-12,16-17H2,1-5H3. The second kappa shape index (κ2) is 13.4. The first kappa shape index (κ1) is 27.7. The zero-order valence-corrected chi connectivity index (χ0v) is 22.7. The van der Waals surface area contributed by atoms with E-state index in [1.165, 1.54) is 0 Å². The first-order valence-electron chi connectivity index (χ1n) is 13.9. The molecule has 0 spiro atoms. The minimum atomic E-state index is -0.185. The summed E-state index contributed by atoms with van der Waals surface area (Å²) in [5.74, 6) is 0.515. The maximum atomic E-state index is 13.3. The number of rotatable bonds is 13. The van der Waals surface area contributed by atoms with Gasteiger partial charge in [0.1, 0.15) is 11.5 Å². The largest absolute Gasteiger partial charge is 0.425 e. The maximum absolute atomic E-state index is 13.3. The highest BCUT2D eigenvalue weighted by molar-refractivity contribution is 6.13. The molecule has 2 unspecified atom stereocenters. The Hall–Kier alpha value is -2.88. The molecule has 0 N–H and O–H groups in total. The molecule has 0 saturated carbocycles. The number of aryl methyl sites for hydroxylation is 1. The van der Waals surface area contributed by atoms with Crippen molar-refractivity contribution >= 4 is 33.5 Å². The summed E-state index contributed by atoms with van der Waals surface area (Å²) in [5, 5.41) is 3.27. The highest BCUT2D eigenvalue weighted by Crippen LogP contribution is 2.45. The monoisotopic (exact) mass is 490 g/mol. The van der Waals surface area contributed by atoms with Crippen molar-refractivity contribution in [2.24, 2.45) is 11.8 Å². The van der Waals surface area contributed by atoms with Crippen LogP contribution in [0.1, 0.15) is 91.5 Å². The Bertz CT molecular complexity index is 1180. The topological polar surface area (TPSA) is 52.6 Å². The molecule has 0 fully saturated rings. The van der Waals surface area contributed by atoms with Gasteiger partial charge in [-0.2, -0.15) is 0 Å². The Balaban J connectivity index is 2.18. The Morgan fingerprint density at radius 1 is 0.667 bits per heavy atom. The van der Waals surface area contributed by atoms with Gasteiger partial charge >= 0.3 is 11.9 Å². The van der Waals surface area contributed by atoms with Crippen LogP contribution in [0.3, 0.4) is 0 Å². The molecular formula is C32H42O4. The van der Waals surface area contributed by atoms with Gasteiger partial charge in [0.2, 0.25) is 0 Å². The minimum absolute atomic E-state index is 0.130. The Kier molecular flexibility index (Phi) is 10.3. The molecule has 0 aliphatic heterocycles. The van der Waals surface area contributed by atoms with E-state index in [0.29, 0.717) is 11.5 Å². The summed E-state index contributed by atoms with van der Waals surface area (Å²) < 4.78 is 12.4. The third-order valence-corrected chi connectivity index (χ3v) is 7.29. The number of hydrogen-bond acceptors (Lipinski definition) is 4. The lowest BCUT2D eigenvalue weighted by atomic mass is 9.95. The van der Waals surface area contributed by atoms with Gasteiger partial charge in [-0.1, -0.05) is 103 Å². The number of fused-ring (bicyclic) bond motifs is 2. The number of ether oxygens (including phenoxy) is 2. The molecule has 0 aromatic heterocycles. The van der Waals surface area contributed by atoms with E-state index in [1.54, 1.807) is 0 Å². The summed E-state index contributed by atoms with van der Waals surface area (Å²) >= 11 is 0. The molecule has 4 nitrogen and oxygen atoms in total. The molecular weight excluding hydrogens is 448 g/mol. The maximum Gasteiger partial charge on any atom is 0.314 e. The van der Waals surface area contributed by atoms with E-state index in [4.69, 9.17) is 9.47 Å². The normalized spacial score (nSPS) is 13.0. The molecule has 3 aromatic carbocycles. The van der Waals surface area contributed by atoms with E-state index in [1.807, 2.05) is 50.2 Å². The number of carbonyl (C=O) groups excluding carboxylic acids is 2. The molecule has 4 heteroatoms. The van der Waals surface area contributed by atoms with Gasteiger partial charge in [0.15, 0.2) is 0 Å². The van der Waals surface area contributed by atoms with Crippen molar-refractivity contribution in [2.75, 3.05) is 0 Å². The average Bonchev–Trinajstić information content (AvgIpc) is 2.90. The van der Waals surface area contributed by atoms with Gasteiger partial charge in [-0.15, -0.1) is 0 Å². The van der Waals surface area contributed by atoms with Crippen LogP contribution in [0, 0.1) is 11.8 Å². The van der Waals surface area contributed by atoms with Crippen molar-refractivity contribution in [3.05, 3.63) is 48.0 Å². The fourth-order valence-corrected chi connectivity index (χ4v) is 4.97. The van der Waals surface area contributed by atoms with Crippen molar-refractivity contribution in [3.63, 3.8) is 0 Å². The highest BCUT2D eigenvalue weighted by atomic mass is 16.5. The fraction of sp³-hybridized carbons (Fsp3) is 0.500. The van der Waals surface area contributed by atoms with E-state index in [0.717, 1.165) is 84.9 Å². The Labute approximate surface area is 216 Å². The lowest BCUT2D eigenvalue weighted by Crippen LogP contribution is -2.21. The molecule has 3 aromatic rings. The van der Waals surface area contributed by atoms with Crippen LogP contribution in [0.2, 0.25) is 0 Å². The van der Waals surface area contributed by atoms with Crippen LogP contribution in [0.4, 0.5) is 0 Å². The number of unbranched alkanes of at least 4 members (excludes halogenated alkanes) is 2. The van der Waals surface area contributed by atoms with Crippen LogP contribution in [0.15, 0.2) is 42.5 Å². The van der Waals surface area contributed by atoms with Crippen LogP contribution >= 0.6 is 0 Å². The molecule has 0 saturated heterocycles. The number of hydrogen-bond donors (Lipinski definition) is 0. The summed E-state index contributed by atoms with van der Waals surface area (Å²) in [6.07, 6.45) is 8.03. The van der Waals surface area contributed by atoms with Crippen LogP contribution in [-0.4, -0.2) is 11.9 Å². The summed E-state index contributed by atoms with van der Waals surface area (Å²) in [6, 6.07) is 13.8. The Morgan fingerprint density at radius 3 is 1.67 bits per heavy atom. The summed E-state index contributed by atoms with van der Waals surface area (Å²) in [7, 11) is 0. The van der Waals surface area contributed by atoms with Gasteiger partial charge in [-0.05, 0) is 37.7 Å². The molecule has 0 radical (unpaired) electrons. The molecule has 0 heterocycles.